The molecule has 1 aromatic rings. The first-order valence-corrected chi connectivity index (χ1v) is 6.28. The van der Waals surface area contributed by atoms with Crippen molar-refractivity contribution in [2.24, 2.45) is 5.73 Å². The van der Waals surface area contributed by atoms with Gasteiger partial charge in [0.25, 0.3) is 0 Å². The summed E-state index contributed by atoms with van der Waals surface area (Å²) in [5.74, 6) is -1.03. The molecular formula is C11H14N2O3S. The second-order valence-corrected chi connectivity index (χ2v) is 5.11. The van der Waals surface area contributed by atoms with Crippen LogP contribution in [0.15, 0.2) is 5.38 Å². The van der Waals surface area contributed by atoms with Gasteiger partial charge in [-0.05, 0) is 24.3 Å². The highest BCUT2D eigenvalue weighted by Crippen LogP contribution is 2.36. The average molecular weight is 254 g/mol. The number of hydrogen-bond acceptors (Lipinski definition) is 4. The summed E-state index contributed by atoms with van der Waals surface area (Å²) >= 11 is 1.17. The number of anilines is 1. The Hall–Kier alpha value is -1.40. The minimum absolute atomic E-state index is 0.0456. The molecule has 6 heteroatoms. The average Bonchev–Trinajstić information content (AvgIpc) is 2.65. The molecule has 3 N–H and O–H groups in total. The van der Waals surface area contributed by atoms with Crippen LogP contribution in [0.5, 0.6) is 0 Å². The molecule has 0 fully saturated rings. The summed E-state index contributed by atoms with van der Waals surface area (Å²) in [7, 11) is 0. The molecule has 0 spiro atoms. The highest BCUT2D eigenvalue weighted by molar-refractivity contribution is 7.12. The second-order valence-electron chi connectivity index (χ2n) is 4.23. The molecule has 1 aliphatic rings. The number of nitrogens with zero attached hydrogens (tertiary/aromatic N) is 1. The summed E-state index contributed by atoms with van der Waals surface area (Å²) in [6.07, 6.45) is 1.04. The Morgan fingerprint density at radius 3 is 2.94 bits per heavy atom. The number of aromatic carboxylic acids is 1. The molecule has 1 unspecified atom stereocenters. The topological polar surface area (TPSA) is 83.6 Å². The van der Waals surface area contributed by atoms with Crippen molar-refractivity contribution in [2.45, 2.75) is 25.8 Å². The van der Waals surface area contributed by atoms with E-state index in [1.54, 1.807) is 6.92 Å². The van der Waals surface area contributed by atoms with Crippen molar-refractivity contribution in [2.75, 3.05) is 11.4 Å². The molecule has 2 rings (SSSR count). The number of nitrogens with two attached hydrogens (primary N) is 1. The van der Waals surface area contributed by atoms with E-state index in [4.69, 9.17) is 10.8 Å². The number of fused-ring (bicyclic) bond motifs is 1. The molecule has 92 valence electrons. The zero-order chi connectivity index (χ0) is 12.6. The maximum Gasteiger partial charge on any atom is 0.348 e. The maximum absolute atomic E-state index is 11.8. The van der Waals surface area contributed by atoms with Crippen LogP contribution in [0.2, 0.25) is 0 Å². The van der Waals surface area contributed by atoms with E-state index < -0.39 is 5.97 Å². The van der Waals surface area contributed by atoms with Crippen LogP contribution in [0.4, 0.5) is 5.69 Å². The Morgan fingerprint density at radius 2 is 2.35 bits per heavy atom. The van der Waals surface area contributed by atoms with E-state index >= 15 is 0 Å². The lowest BCUT2D eigenvalue weighted by Crippen LogP contribution is -2.42. The summed E-state index contributed by atoms with van der Waals surface area (Å²) in [5.41, 5.74) is 7.19. The van der Waals surface area contributed by atoms with Gasteiger partial charge < -0.3 is 15.7 Å². The van der Waals surface area contributed by atoms with Gasteiger partial charge in [0.2, 0.25) is 5.91 Å². The molecule has 1 atom stereocenters. The number of carbonyl (C=O) groups is 2. The Kier molecular flexibility index (Phi) is 3.17. The van der Waals surface area contributed by atoms with Crippen LogP contribution in [0.1, 0.15) is 28.6 Å². The van der Waals surface area contributed by atoms with Gasteiger partial charge in [0, 0.05) is 19.0 Å². The van der Waals surface area contributed by atoms with E-state index in [1.807, 2.05) is 5.38 Å². The van der Waals surface area contributed by atoms with Crippen molar-refractivity contribution in [1.82, 2.24) is 0 Å². The first-order chi connectivity index (χ1) is 8.00. The van der Waals surface area contributed by atoms with E-state index in [2.05, 4.69) is 0 Å². The number of rotatable bonds is 3. The molecule has 5 nitrogen and oxygen atoms in total. The number of amides is 1. The Bertz CT molecular complexity index is 467. The van der Waals surface area contributed by atoms with Crippen LogP contribution >= 0.6 is 11.3 Å². The van der Waals surface area contributed by atoms with Crippen molar-refractivity contribution in [3.63, 3.8) is 0 Å². The summed E-state index contributed by atoms with van der Waals surface area (Å²) in [6, 6.07) is -0.175. The Balaban J connectivity index is 2.44. The number of carbonyl (C=O) groups excluding carboxylic acids is 1. The summed E-state index contributed by atoms with van der Waals surface area (Å²) in [4.78, 5) is 24.7. The second kappa shape index (κ2) is 4.46. The molecule has 1 aliphatic heterocycles. The third-order valence-corrected chi connectivity index (χ3v) is 3.69. The van der Waals surface area contributed by atoms with E-state index in [-0.39, 0.29) is 16.8 Å². The lowest BCUT2D eigenvalue weighted by molar-refractivity contribution is -0.118. The van der Waals surface area contributed by atoms with Crippen LogP contribution < -0.4 is 10.6 Å². The minimum Gasteiger partial charge on any atom is -0.477 e. The zero-order valence-electron chi connectivity index (χ0n) is 9.47. The van der Waals surface area contributed by atoms with E-state index in [9.17, 15) is 9.59 Å². The number of carboxylic acid groups (broad SMARTS) is 1. The van der Waals surface area contributed by atoms with Gasteiger partial charge in [0.1, 0.15) is 4.88 Å². The van der Waals surface area contributed by atoms with Crippen LogP contribution in [0.3, 0.4) is 0 Å². The monoisotopic (exact) mass is 254 g/mol. The first kappa shape index (κ1) is 12.1. The smallest absolute Gasteiger partial charge is 0.348 e. The van der Waals surface area contributed by atoms with Gasteiger partial charge in [0.15, 0.2) is 0 Å². The summed E-state index contributed by atoms with van der Waals surface area (Å²) in [6.45, 7) is 2.16. The minimum atomic E-state index is -0.986. The third-order valence-electron chi connectivity index (χ3n) is 2.68. The lowest BCUT2D eigenvalue weighted by atomic mass is 10.0. The van der Waals surface area contributed by atoms with Gasteiger partial charge in [-0.15, -0.1) is 11.3 Å². The van der Waals surface area contributed by atoms with Crippen LogP contribution in [0.25, 0.3) is 0 Å². The van der Waals surface area contributed by atoms with Gasteiger partial charge in [-0.1, -0.05) is 0 Å². The van der Waals surface area contributed by atoms with E-state index in [1.165, 1.54) is 16.2 Å². The number of thiophene rings is 1. The van der Waals surface area contributed by atoms with Gasteiger partial charge in [-0.3, -0.25) is 4.79 Å². The Morgan fingerprint density at radius 1 is 1.65 bits per heavy atom. The highest BCUT2D eigenvalue weighted by atomic mass is 32.1. The van der Waals surface area contributed by atoms with Crippen LogP contribution in [-0.4, -0.2) is 29.6 Å². The fourth-order valence-electron chi connectivity index (χ4n) is 1.99. The maximum atomic E-state index is 11.8. The van der Waals surface area contributed by atoms with Gasteiger partial charge in [-0.25, -0.2) is 4.79 Å². The summed E-state index contributed by atoms with van der Waals surface area (Å²) in [5, 5.41) is 10.9. The lowest BCUT2D eigenvalue weighted by Gasteiger charge is -2.29. The largest absolute Gasteiger partial charge is 0.477 e. The van der Waals surface area contributed by atoms with E-state index in [0.29, 0.717) is 25.1 Å². The van der Waals surface area contributed by atoms with Crippen molar-refractivity contribution < 1.29 is 14.7 Å². The number of aryl methyl sites for hydroxylation is 1. The van der Waals surface area contributed by atoms with Gasteiger partial charge in [0.05, 0.1) is 5.69 Å². The van der Waals surface area contributed by atoms with Crippen molar-refractivity contribution in [3.05, 3.63) is 15.8 Å². The summed E-state index contributed by atoms with van der Waals surface area (Å²) < 4.78 is 0. The van der Waals surface area contributed by atoms with E-state index in [0.717, 1.165) is 5.56 Å². The first-order valence-electron chi connectivity index (χ1n) is 5.40. The SMILES string of the molecule is CC(N)CN1C(=O)CCc2csc(C(=O)O)c21. The fourth-order valence-corrected chi connectivity index (χ4v) is 2.94. The predicted molar refractivity (Wildman–Crippen MR) is 65.6 cm³/mol. The molecule has 0 aliphatic carbocycles. The van der Waals surface area contributed by atoms with Crippen LogP contribution in [-0.2, 0) is 11.2 Å². The molecule has 1 aromatic heterocycles. The van der Waals surface area contributed by atoms with Crippen molar-refractivity contribution in [3.8, 4) is 0 Å². The zero-order valence-corrected chi connectivity index (χ0v) is 10.3. The molecule has 1 amide bonds. The van der Waals surface area contributed by atoms with Crippen molar-refractivity contribution >= 4 is 28.9 Å². The molecule has 17 heavy (non-hydrogen) atoms. The number of hydrogen-bond donors (Lipinski definition) is 2. The van der Waals surface area contributed by atoms with Gasteiger partial charge >= 0.3 is 5.97 Å². The predicted octanol–water partition coefficient (Wildman–Crippen LogP) is 1.07. The Labute approximate surface area is 103 Å². The molecule has 0 bridgehead atoms. The molecule has 0 saturated heterocycles. The van der Waals surface area contributed by atoms with Gasteiger partial charge in [-0.2, -0.15) is 0 Å². The molecule has 0 saturated carbocycles. The standard InChI is InChI=1S/C11H14N2O3S/c1-6(12)4-13-8(14)3-2-7-5-17-10(9(7)13)11(15)16/h5-6H,2-4,12H2,1H3,(H,15,16). The molecule has 2 heterocycles. The highest BCUT2D eigenvalue weighted by Gasteiger charge is 2.30. The quantitative estimate of drug-likeness (QED) is 0.845. The number of carboxylic acids is 1. The van der Waals surface area contributed by atoms with Crippen molar-refractivity contribution in [1.29, 1.82) is 0 Å². The third kappa shape index (κ3) is 2.18. The normalized spacial score (nSPS) is 16.8. The molecule has 0 aromatic carbocycles. The van der Waals surface area contributed by atoms with Crippen LogP contribution in [0, 0.1) is 0 Å². The fraction of sp³-hybridized carbons (Fsp3) is 0.455. The molecular weight excluding hydrogens is 240 g/mol. The molecule has 0 radical (unpaired) electrons.